The first-order valence-electron chi connectivity index (χ1n) is 6.32. The number of benzene rings is 1. The van der Waals surface area contributed by atoms with E-state index in [-0.39, 0.29) is 5.91 Å². The summed E-state index contributed by atoms with van der Waals surface area (Å²) in [6.45, 7) is 4.34. The molecule has 98 valence electrons. The van der Waals surface area contributed by atoms with Crippen molar-refractivity contribution in [2.24, 2.45) is 0 Å². The SMILES string of the molecule is CCCC(O)CNC(=O)/C=C/c1ccc(C)cc1. The molecule has 0 aliphatic heterocycles. The van der Waals surface area contributed by atoms with Crippen LogP contribution >= 0.6 is 0 Å². The Bertz CT molecular complexity index is 395. The second kappa shape index (κ2) is 7.67. The molecule has 1 rings (SSSR count). The zero-order valence-corrected chi connectivity index (χ0v) is 11.0. The van der Waals surface area contributed by atoms with Gasteiger partial charge in [0.25, 0.3) is 0 Å². The first-order valence-corrected chi connectivity index (χ1v) is 6.32. The number of nitrogens with one attached hydrogen (secondary N) is 1. The molecule has 0 spiro atoms. The Hall–Kier alpha value is -1.61. The third-order valence-corrected chi connectivity index (χ3v) is 2.64. The average molecular weight is 247 g/mol. The van der Waals surface area contributed by atoms with E-state index in [2.05, 4.69) is 5.32 Å². The highest BCUT2D eigenvalue weighted by Crippen LogP contribution is 2.04. The number of hydrogen-bond acceptors (Lipinski definition) is 2. The van der Waals surface area contributed by atoms with Crippen LogP contribution in [0.4, 0.5) is 0 Å². The molecule has 3 nitrogen and oxygen atoms in total. The second-order valence-corrected chi connectivity index (χ2v) is 4.43. The lowest BCUT2D eigenvalue weighted by Gasteiger charge is -2.08. The highest BCUT2D eigenvalue weighted by atomic mass is 16.3. The van der Waals surface area contributed by atoms with Crippen molar-refractivity contribution in [2.75, 3.05) is 6.54 Å². The molecule has 18 heavy (non-hydrogen) atoms. The first-order chi connectivity index (χ1) is 8.61. The van der Waals surface area contributed by atoms with Crippen molar-refractivity contribution in [3.63, 3.8) is 0 Å². The summed E-state index contributed by atoms with van der Waals surface area (Å²) < 4.78 is 0. The van der Waals surface area contributed by atoms with Crippen LogP contribution in [0.25, 0.3) is 6.08 Å². The minimum atomic E-state index is -0.452. The Balaban J connectivity index is 2.37. The fourth-order valence-electron chi connectivity index (χ4n) is 1.56. The molecule has 0 radical (unpaired) electrons. The van der Waals surface area contributed by atoms with Crippen molar-refractivity contribution in [2.45, 2.75) is 32.8 Å². The number of rotatable bonds is 6. The molecule has 0 saturated heterocycles. The van der Waals surface area contributed by atoms with E-state index in [0.29, 0.717) is 13.0 Å². The Morgan fingerprint density at radius 1 is 1.39 bits per heavy atom. The summed E-state index contributed by atoms with van der Waals surface area (Å²) in [6.07, 6.45) is 4.43. The molecule has 0 fully saturated rings. The summed E-state index contributed by atoms with van der Waals surface area (Å²) in [5.74, 6) is -0.175. The number of amides is 1. The van der Waals surface area contributed by atoms with E-state index in [1.807, 2.05) is 38.1 Å². The van der Waals surface area contributed by atoms with Gasteiger partial charge in [0.2, 0.25) is 5.91 Å². The zero-order chi connectivity index (χ0) is 13.4. The number of carbonyl (C=O) groups is 1. The normalized spacial score (nSPS) is 12.6. The smallest absolute Gasteiger partial charge is 0.244 e. The third-order valence-electron chi connectivity index (χ3n) is 2.64. The molecule has 1 aromatic rings. The van der Waals surface area contributed by atoms with Crippen molar-refractivity contribution < 1.29 is 9.90 Å². The van der Waals surface area contributed by atoms with E-state index in [1.54, 1.807) is 6.08 Å². The van der Waals surface area contributed by atoms with Gasteiger partial charge in [0, 0.05) is 12.6 Å². The van der Waals surface area contributed by atoms with Gasteiger partial charge in [0.05, 0.1) is 6.10 Å². The molecule has 1 amide bonds. The summed E-state index contributed by atoms with van der Waals surface area (Å²) in [5.41, 5.74) is 2.18. The zero-order valence-electron chi connectivity index (χ0n) is 11.0. The van der Waals surface area contributed by atoms with Gasteiger partial charge in [0.1, 0.15) is 0 Å². The fraction of sp³-hybridized carbons (Fsp3) is 0.400. The maximum atomic E-state index is 11.5. The van der Waals surface area contributed by atoms with E-state index >= 15 is 0 Å². The molecular weight excluding hydrogens is 226 g/mol. The minimum absolute atomic E-state index is 0.175. The number of aliphatic hydroxyl groups is 1. The number of carbonyl (C=O) groups excluding carboxylic acids is 1. The molecule has 0 aliphatic carbocycles. The molecule has 0 aromatic heterocycles. The topological polar surface area (TPSA) is 49.3 Å². The monoisotopic (exact) mass is 247 g/mol. The van der Waals surface area contributed by atoms with Crippen LogP contribution in [-0.4, -0.2) is 23.7 Å². The van der Waals surface area contributed by atoms with E-state index < -0.39 is 6.10 Å². The van der Waals surface area contributed by atoms with E-state index in [1.165, 1.54) is 11.6 Å². The van der Waals surface area contributed by atoms with Crippen LogP contribution in [-0.2, 0) is 4.79 Å². The Labute approximate surface area is 109 Å². The lowest BCUT2D eigenvalue weighted by atomic mass is 10.1. The minimum Gasteiger partial charge on any atom is -0.391 e. The van der Waals surface area contributed by atoms with Gasteiger partial charge in [-0.2, -0.15) is 0 Å². The molecule has 3 heteroatoms. The van der Waals surface area contributed by atoms with Crippen LogP contribution in [0.15, 0.2) is 30.3 Å². The highest BCUT2D eigenvalue weighted by Gasteiger charge is 2.03. The Morgan fingerprint density at radius 3 is 2.67 bits per heavy atom. The summed E-state index contributed by atoms with van der Waals surface area (Å²) in [4.78, 5) is 11.5. The van der Waals surface area contributed by atoms with Gasteiger partial charge in [-0.05, 0) is 25.0 Å². The second-order valence-electron chi connectivity index (χ2n) is 4.43. The molecule has 1 aromatic carbocycles. The van der Waals surface area contributed by atoms with E-state index in [0.717, 1.165) is 12.0 Å². The van der Waals surface area contributed by atoms with E-state index in [4.69, 9.17) is 0 Å². The quantitative estimate of drug-likeness (QED) is 0.758. The predicted octanol–water partition coefficient (Wildman–Crippen LogP) is 2.29. The summed E-state index contributed by atoms with van der Waals surface area (Å²) >= 11 is 0. The maximum Gasteiger partial charge on any atom is 0.244 e. The fourth-order valence-corrected chi connectivity index (χ4v) is 1.56. The van der Waals surface area contributed by atoms with Gasteiger partial charge in [-0.3, -0.25) is 4.79 Å². The highest BCUT2D eigenvalue weighted by molar-refractivity contribution is 5.91. The summed E-state index contributed by atoms with van der Waals surface area (Å²) in [5, 5.41) is 12.1. The van der Waals surface area contributed by atoms with Crippen molar-refractivity contribution in [3.05, 3.63) is 41.5 Å². The van der Waals surface area contributed by atoms with Crippen molar-refractivity contribution >= 4 is 12.0 Å². The molecular formula is C15H21NO2. The van der Waals surface area contributed by atoms with Crippen LogP contribution in [0.1, 0.15) is 30.9 Å². The molecule has 0 heterocycles. The Kier molecular flexibility index (Phi) is 6.15. The van der Waals surface area contributed by atoms with Crippen molar-refractivity contribution in [1.29, 1.82) is 0 Å². The molecule has 1 atom stereocenters. The largest absolute Gasteiger partial charge is 0.391 e. The number of hydrogen-bond donors (Lipinski definition) is 2. The molecule has 2 N–H and O–H groups in total. The van der Waals surface area contributed by atoms with Gasteiger partial charge in [0.15, 0.2) is 0 Å². The average Bonchev–Trinajstić information content (AvgIpc) is 2.36. The lowest BCUT2D eigenvalue weighted by molar-refractivity contribution is -0.116. The molecule has 0 saturated carbocycles. The van der Waals surface area contributed by atoms with Crippen LogP contribution in [0.5, 0.6) is 0 Å². The van der Waals surface area contributed by atoms with Crippen molar-refractivity contribution in [1.82, 2.24) is 5.32 Å². The standard InChI is InChI=1S/C15H21NO2/c1-3-4-14(17)11-16-15(18)10-9-13-7-5-12(2)6-8-13/h5-10,14,17H,3-4,11H2,1-2H3,(H,16,18)/b10-9+. The van der Waals surface area contributed by atoms with Crippen LogP contribution in [0.3, 0.4) is 0 Å². The van der Waals surface area contributed by atoms with Crippen LogP contribution < -0.4 is 5.32 Å². The maximum absolute atomic E-state index is 11.5. The molecule has 1 unspecified atom stereocenters. The summed E-state index contributed by atoms with van der Waals surface area (Å²) in [7, 11) is 0. The number of aliphatic hydroxyl groups excluding tert-OH is 1. The lowest BCUT2D eigenvalue weighted by Crippen LogP contribution is -2.30. The van der Waals surface area contributed by atoms with Gasteiger partial charge in [-0.15, -0.1) is 0 Å². The van der Waals surface area contributed by atoms with Crippen LogP contribution in [0.2, 0.25) is 0 Å². The summed E-state index contributed by atoms with van der Waals surface area (Å²) in [6, 6.07) is 7.93. The van der Waals surface area contributed by atoms with Gasteiger partial charge in [-0.25, -0.2) is 0 Å². The third kappa shape index (κ3) is 5.64. The first kappa shape index (κ1) is 14.5. The van der Waals surface area contributed by atoms with Crippen molar-refractivity contribution in [3.8, 4) is 0 Å². The molecule has 0 bridgehead atoms. The predicted molar refractivity (Wildman–Crippen MR) is 74.1 cm³/mol. The van der Waals surface area contributed by atoms with Gasteiger partial charge in [-0.1, -0.05) is 43.2 Å². The van der Waals surface area contributed by atoms with E-state index in [9.17, 15) is 9.90 Å². The van der Waals surface area contributed by atoms with Gasteiger partial charge < -0.3 is 10.4 Å². The number of aryl methyl sites for hydroxylation is 1. The molecule has 0 aliphatic rings. The Morgan fingerprint density at radius 2 is 2.06 bits per heavy atom. The van der Waals surface area contributed by atoms with Gasteiger partial charge >= 0.3 is 0 Å². The van der Waals surface area contributed by atoms with Crippen LogP contribution in [0, 0.1) is 6.92 Å².